The van der Waals surface area contributed by atoms with Crippen molar-refractivity contribution in [3.05, 3.63) is 35.1 Å². The largest absolute Gasteiger partial charge is 0.444 e. The smallest absolute Gasteiger partial charge is 0.213 e. The fourth-order valence-corrected chi connectivity index (χ4v) is 2.82. The number of nitrogens with one attached hydrogen (secondary N) is 1. The molecular weight excluding hydrogens is 260 g/mol. The van der Waals surface area contributed by atoms with E-state index >= 15 is 0 Å². The molecule has 0 aliphatic rings. The highest BCUT2D eigenvalue weighted by Gasteiger charge is 2.09. The Morgan fingerprint density at radius 3 is 3.00 bits per heavy atom. The summed E-state index contributed by atoms with van der Waals surface area (Å²) in [6.45, 7) is 4.63. The highest BCUT2D eigenvalue weighted by Crippen LogP contribution is 2.28. The van der Waals surface area contributed by atoms with E-state index in [1.807, 2.05) is 6.92 Å². The van der Waals surface area contributed by atoms with E-state index in [0.29, 0.717) is 12.4 Å². The van der Waals surface area contributed by atoms with Crippen LogP contribution in [0.25, 0.3) is 10.2 Å². The van der Waals surface area contributed by atoms with Crippen LogP contribution < -0.4 is 5.32 Å². The van der Waals surface area contributed by atoms with Crippen molar-refractivity contribution < 1.29 is 4.42 Å². The Kier molecular flexibility index (Phi) is 3.16. The summed E-state index contributed by atoms with van der Waals surface area (Å²) in [5, 5.41) is 5.35. The molecule has 1 N–H and O–H groups in total. The maximum Gasteiger partial charge on any atom is 0.213 e. The number of aromatic nitrogens is 3. The van der Waals surface area contributed by atoms with E-state index in [1.165, 1.54) is 5.56 Å². The van der Waals surface area contributed by atoms with Crippen molar-refractivity contribution in [1.29, 1.82) is 0 Å². The number of rotatable bonds is 4. The zero-order chi connectivity index (χ0) is 13.2. The molecule has 0 spiro atoms. The molecule has 0 aliphatic carbocycles. The van der Waals surface area contributed by atoms with Crippen LogP contribution in [0.5, 0.6) is 0 Å². The summed E-state index contributed by atoms with van der Waals surface area (Å²) in [5.41, 5.74) is 2.18. The minimum absolute atomic E-state index is 0.531. The SMILES string of the molecule is CCc1cnc(CNc2ncnc3c(C)csc23)o1. The first-order valence-corrected chi connectivity index (χ1v) is 7.02. The van der Waals surface area contributed by atoms with Gasteiger partial charge in [0.25, 0.3) is 0 Å². The van der Waals surface area contributed by atoms with Gasteiger partial charge >= 0.3 is 0 Å². The lowest BCUT2D eigenvalue weighted by atomic mass is 10.3. The highest BCUT2D eigenvalue weighted by atomic mass is 32.1. The molecule has 3 aromatic rings. The number of anilines is 1. The lowest BCUT2D eigenvalue weighted by Gasteiger charge is -2.03. The van der Waals surface area contributed by atoms with Gasteiger partial charge in [0.05, 0.1) is 23.0 Å². The van der Waals surface area contributed by atoms with Gasteiger partial charge < -0.3 is 9.73 Å². The number of hydrogen-bond acceptors (Lipinski definition) is 6. The van der Waals surface area contributed by atoms with Gasteiger partial charge in [-0.25, -0.2) is 15.0 Å². The third-order valence-electron chi connectivity index (χ3n) is 2.89. The van der Waals surface area contributed by atoms with Crippen LogP contribution in [0, 0.1) is 6.92 Å². The second kappa shape index (κ2) is 4.97. The van der Waals surface area contributed by atoms with Crippen molar-refractivity contribution in [3.8, 4) is 0 Å². The average molecular weight is 274 g/mol. The average Bonchev–Trinajstić information content (AvgIpc) is 3.04. The zero-order valence-electron chi connectivity index (χ0n) is 10.8. The molecule has 0 bridgehead atoms. The van der Waals surface area contributed by atoms with Crippen molar-refractivity contribution in [1.82, 2.24) is 15.0 Å². The minimum Gasteiger partial charge on any atom is -0.444 e. The van der Waals surface area contributed by atoms with Gasteiger partial charge in [-0.3, -0.25) is 0 Å². The molecule has 19 heavy (non-hydrogen) atoms. The standard InChI is InChI=1S/C13H14N4OS/c1-3-9-4-14-10(18-9)5-15-13-12-11(16-7-17-13)8(2)6-19-12/h4,6-7H,3,5H2,1-2H3,(H,15,16,17). The Labute approximate surface area is 114 Å². The maximum atomic E-state index is 5.56. The Bertz CT molecular complexity index is 704. The maximum absolute atomic E-state index is 5.56. The van der Waals surface area contributed by atoms with E-state index < -0.39 is 0 Å². The molecule has 0 aromatic carbocycles. The molecule has 0 atom stereocenters. The van der Waals surface area contributed by atoms with Crippen molar-refractivity contribution in [3.63, 3.8) is 0 Å². The van der Waals surface area contributed by atoms with Crippen LogP contribution >= 0.6 is 11.3 Å². The molecule has 3 aromatic heterocycles. The van der Waals surface area contributed by atoms with Crippen LogP contribution in [0.3, 0.4) is 0 Å². The van der Waals surface area contributed by atoms with Gasteiger partial charge in [-0.05, 0) is 17.9 Å². The molecule has 6 heteroatoms. The Hall–Kier alpha value is -1.95. The number of oxazole rings is 1. The Morgan fingerprint density at radius 1 is 1.32 bits per heavy atom. The summed E-state index contributed by atoms with van der Waals surface area (Å²) in [5.74, 6) is 2.41. The van der Waals surface area contributed by atoms with Crippen molar-refractivity contribution in [2.45, 2.75) is 26.8 Å². The molecule has 0 amide bonds. The van der Waals surface area contributed by atoms with E-state index in [9.17, 15) is 0 Å². The lowest BCUT2D eigenvalue weighted by molar-refractivity contribution is 0.465. The molecule has 0 fully saturated rings. The van der Waals surface area contributed by atoms with Crippen LogP contribution in [0.1, 0.15) is 24.1 Å². The van der Waals surface area contributed by atoms with Crippen molar-refractivity contribution >= 4 is 27.4 Å². The summed E-state index contributed by atoms with van der Waals surface area (Å²) < 4.78 is 6.63. The predicted octanol–water partition coefficient (Wildman–Crippen LogP) is 3.16. The molecule has 3 heterocycles. The third-order valence-corrected chi connectivity index (χ3v) is 3.98. The second-order valence-corrected chi connectivity index (χ2v) is 5.13. The molecule has 0 unspecified atom stereocenters. The van der Waals surface area contributed by atoms with E-state index in [0.717, 1.165) is 28.2 Å². The van der Waals surface area contributed by atoms with Crippen molar-refractivity contribution in [2.24, 2.45) is 0 Å². The van der Waals surface area contributed by atoms with Crippen molar-refractivity contribution in [2.75, 3.05) is 5.32 Å². The summed E-state index contributed by atoms with van der Waals surface area (Å²) in [7, 11) is 0. The summed E-state index contributed by atoms with van der Waals surface area (Å²) in [6, 6.07) is 0. The fourth-order valence-electron chi connectivity index (χ4n) is 1.85. The molecular formula is C13H14N4OS. The number of hydrogen-bond donors (Lipinski definition) is 1. The number of thiophene rings is 1. The van der Waals surface area contributed by atoms with Gasteiger partial charge in [0.1, 0.15) is 17.9 Å². The van der Waals surface area contributed by atoms with Gasteiger partial charge in [0.15, 0.2) is 0 Å². The normalized spacial score (nSPS) is 11.1. The molecule has 0 radical (unpaired) electrons. The Morgan fingerprint density at radius 2 is 2.21 bits per heavy atom. The van der Waals surface area contributed by atoms with Gasteiger partial charge in [0.2, 0.25) is 5.89 Å². The second-order valence-electron chi connectivity index (χ2n) is 4.25. The predicted molar refractivity (Wildman–Crippen MR) is 75.4 cm³/mol. The monoisotopic (exact) mass is 274 g/mol. The highest BCUT2D eigenvalue weighted by molar-refractivity contribution is 7.18. The first kappa shape index (κ1) is 12.1. The number of aryl methyl sites for hydroxylation is 2. The molecule has 3 rings (SSSR count). The topological polar surface area (TPSA) is 63.8 Å². The first-order chi connectivity index (χ1) is 9.28. The quantitative estimate of drug-likeness (QED) is 0.791. The van der Waals surface area contributed by atoms with Gasteiger partial charge in [-0.2, -0.15) is 0 Å². The summed E-state index contributed by atoms with van der Waals surface area (Å²) in [4.78, 5) is 12.8. The van der Waals surface area contributed by atoms with Crippen LogP contribution in [0.15, 0.2) is 22.3 Å². The molecule has 0 saturated heterocycles. The van der Waals surface area contributed by atoms with E-state index in [-0.39, 0.29) is 0 Å². The molecule has 98 valence electrons. The summed E-state index contributed by atoms with van der Waals surface area (Å²) in [6.07, 6.45) is 4.20. The van der Waals surface area contributed by atoms with Gasteiger partial charge in [-0.15, -0.1) is 11.3 Å². The fraction of sp³-hybridized carbons (Fsp3) is 0.308. The number of fused-ring (bicyclic) bond motifs is 1. The van der Waals surface area contributed by atoms with Crippen LogP contribution in [0.4, 0.5) is 5.82 Å². The number of nitrogens with zero attached hydrogens (tertiary/aromatic N) is 3. The first-order valence-electron chi connectivity index (χ1n) is 6.14. The van der Waals surface area contributed by atoms with Gasteiger partial charge in [0, 0.05) is 6.42 Å². The minimum atomic E-state index is 0.531. The lowest BCUT2D eigenvalue weighted by Crippen LogP contribution is -2.02. The third kappa shape index (κ3) is 2.31. The van der Waals surface area contributed by atoms with Gasteiger partial charge in [-0.1, -0.05) is 6.92 Å². The van der Waals surface area contributed by atoms with E-state index in [4.69, 9.17) is 4.42 Å². The van der Waals surface area contributed by atoms with E-state index in [2.05, 4.69) is 32.6 Å². The van der Waals surface area contributed by atoms with Crippen LogP contribution in [-0.4, -0.2) is 15.0 Å². The molecule has 0 saturated carbocycles. The molecule has 5 nitrogen and oxygen atoms in total. The van der Waals surface area contributed by atoms with Crippen LogP contribution in [0.2, 0.25) is 0 Å². The Balaban J connectivity index is 1.81. The van der Waals surface area contributed by atoms with E-state index in [1.54, 1.807) is 23.9 Å². The molecule has 0 aliphatic heterocycles. The van der Waals surface area contributed by atoms with Crippen LogP contribution in [-0.2, 0) is 13.0 Å². The summed E-state index contributed by atoms with van der Waals surface area (Å²) >= 11 is 1.65. The zero-order valence-corrected chi connectivity index (χ0v) is 11.6.